The van der Waals surface area contributed by atoms with Gasteiger partial charge in [0.1, 0.15) is 11.6 Å². The molecule has 5 aromatic rings. The van der Waals surface area contributed by atoms with Gasteiger partial charge in [-0.15, -0.1) is 11.3 Å². The predicted octanol–water partition coefficient (Wildman–Crippen LogP) is 5.77. The van der Waals surface area contributed by atoms with E-state index in [1.807, 2.05) is 6.07 Å². The van der Waals surface area contributed by atoms with Gasteiger partial charge in [0.15, 0.2) is 5.69 Å². The highest BCUT2D eigenvalue weighted by molar-refractivity contribution is 7.19. The van der Waals surface area contributed by atoms with Crippen LogP contribution in [-0.4, -0.2) is 45.5 Å². The number of aromatic nitrogens is 3. The summed E-state index contributed by atoms with van der Waals surface area (Å²) in [5.74, 6) is -1.16. The van der Waals surface area contributed by atoms with Crippen LogP contribution in [0.4, 0.5) is 14.5 Å². The minimum absolute atomic E-state index is 0.204. The smallest absolute Gasteiger partial charge is 0.286 e. The molecular weight excluding hydrogens is 544 g/mol. The first-order chi connectivity index (χ1) is 19.9. The van der Waals surface area contributed by atoms with E-state index in [1.54, 1.807) is 29.7 Å². The Labute approximate surface area is 239 Å². The molecule has 6 rings (SSSR count). The molecule has 0 saturated carbocycles. The molecule has 0 aliphatic carbocycles. The molecule has 0 spiro atoms. The summed E-state index contributed by atoms with van der Waals surface area (Å²) in [5, 5.41) is 2.57. The first-order valence-corrected chi connectivity index (χ1v) is 14.2. The van der Waals surface area contributed by atoms with Crippen molar-refractivity contribution in [2.75, 3.05) is 25.5 Å². The molecule has 1 aliphatic rings. The molecule has 1 aliphatic heterocycles. The molecule has 0 atom stereocenters. The number of hydrogen-bond donors (Lipinski definition) is 1. The number of rotatable bonds is 6. The molecule has 7 nitrogen and oxygen atoms in total. The number of carbonyl (C=O) groups excluding carboxylic acids is 1. The van der Waals surface area contributed by atoms with E-state index in [9.17, 15) is 14.0 Å². The lowest BCUT2D eigenvalue weighted by Crippen LogP contribution is -2.29. The fraction of sp³-hybridized carbons (Fsp3) is 0.226. The molecule has 1 saturated heterocycles. The van der Waals surface area contributed by atoms with Gasteiger partial charge in [-0.1, -0.05) is 6.07 Å². The van der Waals surface area contributed by atoms with E-state index >= 15 is 4.39 Å². The van der Waals surface area contributed by atoms with Crippen LogP contribution in [0.15, 0.2) is 78.0 Å². The van der Waals surface area contributed by atoms with Crippen LogP contribution in [0.5, 0.6) is 0 Å². The van der Waals surface area contributed by atoms with Gasteiger partial charge < -0.3 is 10.2 Å². The number of piperidine rings is 1. The van der Waals surface area contributed by atoms with Gasteiger partial charge >= 0.3 is 0 Å². The Morgan fingerprint density at radius 1 is 1.00 bits per heavy atom. The van der Waals surface area contributed by atoms with E-state index in [-0.39, 0.29) is 11.4 Å². The summed E-state index contributed by atoms with van der Waals surface area (Å²) in [6, 6.07) is 13.9. The summed E-state index contributed by atoms with van der Waals surface area (Å²) in [4.78, 5) is 37.9. The molecule has 0 bridgehead atoms. The average molecular weight is 572 g/mol. The van der Waals surface area contributed by atoms with Crippen LogP contribution >= 0.6 is 11.3 Å². The maximum absolute atomic E-state index is 15.2. The number of fused-ring (bicyclic) bond motifs is 1. The topological polar surface area (TPSA) is 80.1 Å². The fourth-order valence-electron chi connectivity index (χ4n) is 5.18. The van der Waals surface area contributed by atoms with Crippen molar-refractivity contribution in [3.05, 3.63) is 117 Å². The quantitative estimate of drug-likeness (QED) is 0.280. The molecule has 1 N–H and O–H groups in total. The fourth-order valence-corrected chi connectivity index (χ4v) is 6.47. The lowest BCUT2D eigenvalue weighted by Gasteiger charge is -2.28. The number of thiophene rings is 1. The van der Waals surface area contributed by atoms with E-state index < -0.39 is 23.1 Å². The SMILES string of the molecule is CN1CCC(c2cc3nccc(Cc4ccc(NC(=O)c5nccn(-c6ccc(F)cc6)c5=O)cc4F)c3s2)CC1. The summed E-state index contributed by atoms with van der Waals surface area (Å²) in [7, 11) is 2.15. The molecule has 10 heteroatoms. The molecule has 3 aromatic heterocycles. The van der Waals surface area contributed by atoms with Crippen molar-refractivity contribution in [1.82, 2.24) is 19.4 Å². The molecule has 0 radical (unpaired) electrons. The van der Waals surface area contributed by atoms with Crippen molar-refractivity contribution in [3.8, 4) is 5.69 Å². The Balaban J connectivity index is 1.19. The number of carbonyl (C=O) groups is 1. The standard InChI is InChI=1S/C31H27F2N5O2S/c1-37-13-9-19(10-14-37)27-18-26-29(41-27)21(8-11-34-26)16-20-2-5-23(17-25(20)33)36-30(39)28-31(40)38(15-12-35-28)24-6-3-22(32)4-7-24/h2-8,11-12,15,17-19H,9-10,13-14,16H2,1H3,(H,36,39). The second-order valence-electron chi connectivity index (χ2n) is 10.3. The maximum atomic E-state index is 15.2. The number of nitrogens with zero attached hydrogens (tertiary/aromatic N) is 4. The number of likely N-dealkylation sites (tertiary alicyclic amines) is 1. The normalized spacial score (nSPS) is 14.4. The van der Waals surface area contributed by atoms with Crippen molar-refractivity contribution in [1.29, 1.82) is 0 Å². The largest absolute Gasteiger partial charge is 0.320 e. The zero-order chi connectivity index (χ0) is 28.5. The molecule has 1 amide bonds. The second-order valence-corrected chi connectivity index (χ2v) is 11.4. The van der Waals surface area contributed by atoms with E-state index in [0.717, 1.165) is 41.7 Å². The zero-order valence-corrected chi connectivity index (χ0v) is 23.1. The molecule has 2 aromatic carbocycles. The summed E-state index contributed by atoms with van der Waals surface area (Å²) >= 11 is 1.75. The van der Waals surface area contributed by atoms with Crippen LogP contribution in [0, 0.1) is 11.6 Å². The Bertz CT molecular complexity index is 1790. The second kappa shape index (κ2) is 11.3. The van der Waals surface area contributed by atoms with Gasteiger partial charge in [0.05, 0.1) is 10.2 Å². The van der Waals surface area contributed by atoms with Crippen molar-refractivity contribution in [3.63, 3.8) is 0 Å². The summed E-state index contributed by atoms with van der Waals surface area (Å²) < 4.78 is 30.8. The van der Waals surface area contributed by atoms with Gasteiger partial charge in [-0.25, -0.2) is 13.8 Å². The lowest BCUT2D eigenvalue weighted by molar-refractivity contribution is 0.102. The van der Waals surface area contributed by atoms with Crippen LogP contribution in [0.3, 0.4) is 0 Å². The predicted molar refractivity (Wildman–Crippen MR) is 156 cm³/mol. The first-order valence-electron chi connectivity index (χ1n) is 13.3. The van der Waals surface area contributed by atoms with Crippen LogP contribution < -0.4 is 10.9 Å². The Morgan fingerprint density at radius 2 is 1.78 bits per heavy atom. The number of nitrogens with one attached hydrogen (secondary N) is 1. The number of pyridine rings is 1. The van der Waals surface area contributed by atoms with Crippen LogP contribution in [0.1, 0.15) is 45.3 Å². The minimum Gasteiger partial charge on any atom is -0.320 e. The van der Waals surface area contributed by atoms with E-state index in [0.29, 0.717) is 23.6 Å². The van der Waals surface area contributed by atoms with Crippen molar-refractivity contribution < 1.29 is 13.6 Å². The zero-order valence-electron chi connectivity index (χ0n) is 22.3. The Morgan fingerprint density at radius 3 is 2.54 bits per heavy atom. The van der Waals surface area contributed by atoms with Gasteiger partial charge in [-0.3, -0.25) is 19.1 Å². The monoisotopic (exact) mass is 571 g/mol. The summed E-state index contributed by atoms with van der Waals surface area (Å²) in [6.45, 7) is 2.16. The molecule has 41 heavy (non-hydrogen) atoms. The molecule has 4 heterocycles. The van der Waals surface area contributed by atoms with E-state index in [2.05, 4.69) is 33.3 Å². The van der Waals surface area contributed by atoms with E-state index in [1.165, 1.54) is 52.2 Å². The number of halogens is 2. The third-order valence-electron chi connectivity index (χ3n) is 7.49. The number of hydrogen-bond acceptors (Lipinski definition) is 6. The molecule has 208 valence electrons. The minimum atomic E-state index is -0.769. The Kier molecular flexibility index (Phi) is 7.42. The van der Waals surface area contributed by atoms with E-state index in [4.69, 9.17) is 0 Å². The third-order valence-corrected chi connectivity index (χ3v) is 8.85. The highest BCUT2D eigenvalue weighted by Gasteiger charge is 2.22. The number of amides is 1. The van der Waals surface area contributed by atoms with Crippen LogP contribution in [0.25, 0.3) is 15.9 Å². The summed E-state index contributed by atoms with van der Waals surface area (Å²) in [5.41, 5.74) is 1.98. The van der Waals surface area contributed by atoms with Crippen molar-refractivity contribution in [2.24, 2.45) is 0 Å². The Hall–Kier alpha value is -4.28. The van der Waals surface area contributed by atoms with Crippen molar-refractivity contribution >= 4 is 33.1 Å². The van der Waals surface area contributed by atoms with Gasteiger partial charge in [0.25, 0.3) is 11.5 Å². The van der Waals surface area contributed by atoms with Gasteiger partial charge in [-0.2, -0.15) is 0 Å². The lowest BCUT2D eigenvalue weighted by atomic mass is 9.95. The van der Waals surface area contributed by atoms with Gasteiger partial charge in [0.2, 0.25) is 0 Å². The number of anilines is 1. The highest BCUT2D eigenvalue weighted by Crippen LogP contribution is 2.37. The molecule has 1 fully saturated rings. The molecular formula is C31H27F2N5O2S. The highest BCUT2D eigenvalue weighted by atomic mass is 32.1. The summed E-state index contributed by atoms with van der Waals surface area (Å²) in [6.07, 6.45) is 7.09. The van der Waals surface area contributed by atoms with Crippen LogP contribution in [-0.2, 0) is 6.42 Å². The van der Waals surface area contributed by atoms with Crippen molar-refractivity contribution in [2.45, 2.75) is 25.2 Å². The number of benzene rings is 2. The molecule has 0 unspecified atom stereocenters. The first kappa shape index (κ1) is 26.9. The van der Waals surface area contributed by atoms with Gasteiger partial charge in [-0.05, 0) is 98.6 Å². The van der Waals surface area contributed by atoms with Gasteiger partial charge in [0, 0.05) is 41.3 Å². The third kappa shape index (κ3) is 5.66. The maximum Gasteiger partial charge on any atom is 0.286 e. The van der Waals surface area contributed by atoms with Crippen LogP contribution in [0.2, 0.25) is 0 Å². The average Bonchev–Trinajstić information content (AvgIpc) is 3.41.